The second kappa shape index (κ2) is 2.98. The molecule has 2 aliphatic rings. The number of hydrogen-bond acceptors (Lipinski definition) is 3. The van der Waals surface area contributed by atoms with Crippen LogP contribution in [0.5, 0.6) is 0 Å². The predicted octanol–water partition coefficient (Wildman–Crippen LogP) is -0.0362. The SMILES string of the molecule is CN1CC2(CCN(CO)CC2)C1. The van der Waals surface area contributed by atoms with E-state index in [-0.39, 0.29) is 6.73 Å². The van der Waals surface area contributed by atoms with E-state index in [1.807, 2.05) is 0 Å². The number of nitrogens with zero attached hydrogens (tertiary/aromatic N) is 2. The fraction of sp³-hybridized carbons (Fsp3) is 1.00. The van der Waals surface area contributed by atoms with Crippen LogP contribution in [0.1, 0.15) is 12.8 Å². The van der Waals surface area contributed by atoms with Crippen molar-refractivity contribution in [3.05, 3.63) is 0 Å². The maximum atomic E-state index is 8.92. The van der Waals surface area contributed by atoms with Crippen molar-refractivity contribution < 1.29 is 5.11 Å². The van der Waals surface area contributed by atoms with Gasteiger partial charge in [-0.05, 0) is 25.3 Å². The second-order valence-electron chi connectivity index (χ2n) is 4.43. The highest BCUT2D eigenvalue weighted by molar-refractivity contribution is 4.96. The molecule has 3 heteroatoms. The molecular weight excluding hydrogens is 152 g/mol. The molecular formula is C9H18N2O. The van der Waals surface area contributed by atoms with E-state index in [0.29, 0.717) is 5.41 Å². The van der Waals surface area contributed by atoms with Gasteiger partial charge in [0.15, 0.2) is 0 Å². The second-order valence-corrected chi connectivity index (χ2v) is 4.43. The highest BCUT2D eigenvalue weighted by Crippen LogP contribution is 2.39. The smallest absolute Gasteiger partial charge is 0.0956 e. The first-order valence-corrected chi connectivity index (χ1v) is 4.76. The van der Waals surface area contributed by atoms with E-state index < -0.39 is 0 Å². The van der Waals surface area contributed by atoms with Gasteiger partial charge in [-0.1, -0.05) is 0 Å². The molecule has 0 atom stereocenters. The molecule has 2 fully saturated rings. The first-order valence-electron chi connectivity index (χ1n) is 4.76. The van der Waals surface area contributed by atoms with Crippen LogP contribution < -0.4 is 0 Å². The van der Waals surface area contributed by atoms with E-state index in [9.17, 15) is 0 Å². The lowest BCUT2D eigenvalue weighted by Gasteiger charge is -2.52. The summed E-state index contributed by atoms with van der Waals surface area (Å²) in [5, 5.41) is 8.92. The van der Waals surface area contributed by atoms with Crippen LogP contribution in [-0.4, -0.2) is 54.9 Å². The van der Waals surface area contributed by atoms with Crippen LogP contribution in [0.3, 0.4) is 0 Å². The molecule has 0 aliphatic carbocycles. The topological polar surface area (TPSA) is 26.7 Å². The average Bonchev–Trinajstić information content (AvgIpc) is 2.04. The predicted molar refractivity (Wildman–Crippen MR) is 47.8 cm³/mol. The van der Waals surface area contributed by atoms with Crippen molar-refractivity contribution in [3.63, 3.8) is 0 Å². The molecule has 0 unspecified atom stereocenters. The van der Waals surface area contributed by atoms with Crippen molar-refractivity contribution in [3.8, 4) is 0 Å². The quantitative estimate of drug-likeness (QED) is 0.598. The Morgan fingerprint density at radius 2 is 1.83 bits per heavy atom. The Hall–Kier alpha value is -0.120. The normalized spacial score (nSPS) is 30.5. The van der Waals surface area contributed by atoms with Crippen LogP contribution >= 0.6 is 0 Å². The third kappa shape index (κ3) is 1.37. The molecule has 1 spiro atoms. The summed E-state index contributed by atoms with van der Waals surface area (Å²) in [6.07, 6.45) is 2.55. The standard InChI is InChI=1S/C9H18N2O/c1-10-6-9(7-10)2-4-11(8-12)5-3-9/h12H,2-8H2,1H3. The minimum Gasteiger partial charge on any atom is -0.381 e. The molecule has 0 aromatic heterocycles. The van der Waals surface area contributed by atoms with Crippen LogP contribution in [0.4, 0.5) is 0 Å². The van der Waals surface area contributed by atoms with Crippen molar-refractivity contribution in [2.75, 3.05) is 40.0 Å². The van der Waals surface area contributed by atoms with Crippen molar-refractivity contribution >= 4 is 0 Å². The highest BCUT2D eigenvalue weighted by atomic mass is 16.3. The van der Waals surface area contributed by atoms with Crippen molar-refractivity contribution in [1.82, 2.24) is 9.80 Å². The van der Waals surface area contributed by atoms with Gasteiger partial charge in [-0.2, -0.15) is 0 Å². The molecule has 70 valence electrons. The zero-order valence-corrected chi connectivity index (χ0v) is 7.79. The number of piperidine rings is 1. The van der Waals surface area contributed by atoms with Gasteiger partial charge in [-0.3, -0.25) is 4.90 Å². The molecule has 0 bridgehead atoms. The number of likely N-dealkylation sites (tertiary alicyclic amines) is 2. The van der Waals surface area contributed by atoms with Gasteiger partial charge >= 0.3 is 0 Å². The summed E-state index contributed by atoms with van der Waals surface area (Å²) in [4.78, 5) is 4.51. The summed E-state index contributed by atoms with van der Waals surface area (Å²) in [5.41, 5.74) is 0.625. The number of rotatable bonds is 1. The molecule has 3 nitrogen and oxygen atoms in total. The van der Waals surface area contributed by atoms with E-state index in [1.54, 1.807) is 0 Å². The minimum atomic E-state index is 0.242. The van der Waals surface area contributed by atoms with E-state index >= 15 is 0 Å². The molecule has 1 N–H and O–H groups in total. The van der Waals surface area contributed by atoms with Crippen molar-refractivity contribution in [1.29, 1.82) is 0 Å². The number of aliphatic hydroxyl groups excluding tert-OH is 1. The molecule has 0 aromatic carbocycles. The van der Waals surface area contributed by atoms with Gasteiger partial charge in [0, 0.05) is 26.2 Å². The molecule has 12 heavy (non-hydrogen) atoms. The highest BCUT2D eigenvalue weighted by Gasteiger charge is 2.42. The Morgan fingerprint density at radius 1 is 1.25 bits per heavy atom. The Balaban J connectivity index is 1.83. The fourth-order valence-electron chi connectivity index (χ4n) is 2.58. The van der Waals surface area contributed by atoms with Crippen LogP contribution in [-0.2, 0) is 0 Å². The zero-order chi connectivity index (χ0) is 8.60. The van der Waals surface area contributed by atoms with Crippen molar-refractivity contribution in [2.24, 2.45) is 5.41 Å². The van der Waals surface area contributed by atoms with Gasteiger partial charge in [0.25, 0.3) is 0 Å². The molecule has 2 aliphatic heterocycles. The summed E-state index contributed by atoms with van der Waals surface area (Å²) in [7, 11) is 2.18. The maximum Gasteiger partial charge on any atom is 0.0956 e. The lowest BCUT2D eigenvalue weighted by atomic mass is 9.72. The summed E-state index contributed by atoms with van der Waals surface area (Å²) < 4.78 is 0. The van der Waals surface area contributed by atoms with E-state index in [0.717, 1.165) is 13.1 Å². The molecule has 2 rings (SSSR count). The monoisotopic (exact) mass is 170 g/mol. The summed E-state index contributed by atoms with van der Waals surface area (Å²) in [5.74, 6) is 0. The third-order valence-corrected chi connectivity index (χ3v) is 3.33. The lowest BCUT2D eigenvalue weighted by Crippen LogP contribution is -2.58. The van der Waals surface area contributed by atoms with E-state index in [2.05, 4.69) is 16.8 Å². The van der Waals surface area contributed by atoms with Gasteiger partial charge in [0.1, 0.15) is 0 Å². The Bertz CT molecular complexity index is 156. The van der Waals surface area contributed by atoms with Crippen LogP contribution in [0.15, 0.2) is 0 Å². The molecule has 0 radical (unpaired) electrons. The Labute approximate surface area is 74.0 Å². The maximum absolute atomic E-state index is 8.92. The molecule has 2 saturated heterocycles. The molecule has 0 aromatic rings. The minimum absolute atomic E-state index is 0.242. The summed E-state index contributed by atoms with van der Waals surface area (Å²) in [6, 6.07) is 0. The average molecular weight is 170 g/mol. The molecule has 0 saturated carbocycles. The molecule has 0 amide bonds. The largest absolute Gasteiger partial charge is 0.381 e. The van der Waals surface area contributed by atoms with Gasteiger partial charge in [0.05, 0.1) is 6.73 Å². The lowest BCUT2D eigenvalue weighted by molar-refractivity contribution is -0.0473. The first-order chi connectivity index (χ1) is 5.74. The Kier molecular flexibility index (Phi) is 2.10. The van der Waals surface area contributed by atoms with Gasteiger partial charge in [-0.25, -0.2) is 0 Å². The van der Waals surface area contributed by atoms with E-state index in [4.69, 9.17) is 5.11 Å². The van der Waals surface area contributed by atoms with Crippen LogP contribution in [0.2, 0.25) is 0 Å². The van der Waals surface area contributed by atoms with Gasteiger partial charge < -0.3 is 10.0 Å². The fourth-order valence-corrected chi connectivity index (χ4v) is 2.58. The number of aliphatic hydroxyl groups is 1. The van der Waals surface area contributed by atoms with E-state index in [1.165, 1.54) is 25.9 Å². The summed E-state index contributed by atoms with van der Waals surface area (Å²) >= 11 is 0. The molecule has 2 heterocycles. The zero-order valence-electron chi connectivity index (χ0n) is 7.79. The van der Waals surface area contributed by atoms with Crippen LogP contribution in [0, 0.1) is 5.41 Å². The third-order valence-electron chi connectivity index (χ3n) is 3.33. The van der Waals surface area contributed by atoms with Crippen LogP contribution in [0.25, 0.3) is 0 Å². The van der Waals surface area contributed by atoms with Crippen molar-refractivity contribution in [2.45, 2.75) is 12.8 Å². The number of hydrogen-bond donors (Lipinski definition) is 1. The van der Waals surface area contributed by atoms with Gasteiger partial charge in [-0.15, -0.1) is 0 Å². The summed E-state index contributed by atoms with van der Waals surface area (Å²) in [6.45, 7) is 4.96. The first kappa shape index (κ1) is 8.48. The van der Waals surface area contributed by atoms with Gasteiger partial charge in [0.2, 0.25) is 0 Å². The Morgan fingerprint density at radius 3 is 2.25 bits per heavy atom.